The van der Waals surface area contributed by atoms with E-state index in [2.05, 4.69) is 94.1 Å². The van der Waals surface area contributed by atoms with Gasteiger partial charge in [0.15, 0.2) is 0 Å². The van der Waals surface area contributed by atoms with E-state index in [-0.39, 0.29) is 0 Å². The van der Waals surface area contributed by atoms with E-state index in [0.29, 0.717) is 0 Å². The average molecular weight is 274 g/mol. The number of allylic oxidation sites excluding steroid dienone is 5. The zero-order valence-electron chi connectivity index (χ0n) is 13.1. The quantitative estimate of drug-likeness (QED) is 0.582. The van der Waals surface area contributed by atoms with Crippen molar-refractivity contribution in [3.8, 4) is 11.1 Å². The molecule has 0 saturated heterocycles. The molecule has 0 amide bonds. The zero-order chi connectivity index (χ0) is 15.2. The minimum absolute atomic E-state index is 1.03. The summed E-state index contributed by atoms with van der Waals surface area (Å²) in [5, 5.41) is 0. The van der Waals surface area contributed by atoms with Crippen molar-refractivity contribution in [1.29, 1.82) is 0 Å². The van der Waals surface area contributed by atoms with Crippen LogP contribution in [-0.4, -0.2) is 0 Å². The van der Waals surface area contributed by atoms with Gasteiger partial charge < -0.3 is 0 Å². The summed E-state index contributed by atoms with van der Waals surface area (Å²) >= 11 is 0. The first-order valence-electron chi connectivity index (χ1n) is 7.24. The molecule has 0 radical (unpaired) electrons. The van der Waals surface area contributed by atoms with E-state index in [1.807, 2.05) is 0 Å². The van der Waals surface area contributed by atoms with Crippen molar-refractivity contribution in [3.63, 3.8) is 0 Å². The van der Waals surface area contributed by atoms with Crippen LogP contribution < -0.4 is 0 Å². The lowest BCUT2D eigenvalue weighted by molar-refractivity contribution is 1.39. The minimum atomic E-state index is 1.03. The molecule has 0 aliphatic rings. The Morgan fingerprint density at radius 1 is 0.952 bits per heavy atom. The molecule has 0 aliphatic heterocycles. The van der Waals surface area contributed by atoms with Crippen LogP contribution >= 0.6 is 0 Å². The first-order valence-corrected chi connectivity index (χ1v) is 7.24. The molecule has 0 fully saturated rings. The van der Waals surface area contributed by atoms with Gasteiger partial charge in [-0.15, -0.1) is 0 Å². The van der Waals surface area contributed by atoms with Crippen molar-refractivity contribution in [2.24, 2.45) is 0 Å². The topological polar surface area (TPSA) is 0 Å². The standard InChI is InChI=1S/C21H22/c1-16(2)8-5-10-18(4)19-11-7-13-21(15-19)20-12-6-9-17(3)14-20/h5-15H,4H2,1-3H3/b10-5-. The fourth-order valence-electron chi connectivity index (χ4n) is 2.18. The summed E-state index contributed by atoms with van der Waals surface area (Å²) in [4.78, 5) is 0. The summed E-state index contributed by atoms with van der Waals surface area (Å²) in [6.07, 6.45) is 6.20. The highest BCUT2D eigenvalue weighted by Crippen LogP contribution is 2.24. The molecule has 0 aliphatic carbocycles. The van der Waals surface area contributed by atoms with E-state index in [9.17, 15) is 0 Å². The Labute approximate surface area is 128 Å². The predicted molar refractivity (Wildman–Crippen MR) is 94.2 cm³/mol. The Bertz CT molecular complexity index is 695. The lowest BCUT2D eigenvalue weighted by atomic mass is 9.98. The van der Waals surface area contributed by atoms with Crippen LogP contribution in [0.4, 0.5) is 0 Å². The molecule has 0 bridgehead atoms. The van der Waals surface area contributed by atoms with E-state index in [1.54, 1.807) is 0 Å². The Hall–Kier alpha value is -2.34. The number of hydrogen-bond acceptors (Lipinski definition) is 0. The van der Waals surface area contributed by atoms with E-state index >= 15 is 0 Å². The van der Waals surface area contributed by atoms with Gasteiger partial charge in [-0.3, -0.25) is 0 Å². The van der Waals surface area contributed by atoms with Gasteiger partial charge in [-0.1, -0.05) is 78.4 Å². The van der Waals surface area contributed by atoms with Gasteiger partial charge >= 0.3 is 0 Å². The minimum Gasteiger partial charge on any atom is -0.0912 e. The molecule has 2 rings (SSSR count). The predicted octanol–water partition coefficient (Wildman–Crippen LogP) is 6.20. The highest BCUT2D eigenvalue weighted by molar-refractivity contribution is 5.76. The number of rotatable bonds is 4. The summed E-state index contributed by atoms with van der Waals surface area (Å²) in [6.45, 7) is 10.5. The second kappa shape index (κ2) is 6.90. The summed E-state index contributed by atoms with van der Waals surface area (Å²) in [5.41, 5.74) is 7.23. The van der Waals surface area contributed by atoms with Crippen LogP contribution in [0, 0.1) is 6.92 Å². The molecule has 21 heavy (non-hydrogen) atoms. The molecule has 0 atom stereocenters. The summed E-state index contributed by atoms with van der Waals surface area (Å²) < 4.78 is 0. The molecule has 2 aromatic rings. The Morgan fingerprint density at radius 2 is 1.62 bits per heavy atom. The Morgan fingerprint density at radius 3 is 2.29 bits per heavy atom. The Balaban J connectivity index is 2.28. The highest BCUT2D eigenvalue weighted by Gasteiger charge is 2.01. The molecule has 0 N–H and O–H groups in total. The second-order valence-corrected chi connectivity index (χ2v) is 5.58. The van der Waals surface area contributed by atoms with Crippen molar-refractivity contribution < 1.29 is 0 Å². The van der Waals surface area contributed by atoms with Crippen LogP contribution in [-0.2, 0) is 0 Å². The van der Waals surface area contributed by atoms with Crippen molar-refractivity contribution in [2.45, 2.75) is 20.8 Å². The van der Waals surface area contributed by atoms with Crippen LogP contribution in [0.1, 0.15) is 25.0 Å². The van der Waals surface area contributed by atoms with Gasteiger partial charge in [-0.2, -0.15) is 0 Å². The first-order chi connectivity index (χ1) is 10.1. The van der Waals surface area contributed by atoms with Crippen LogP contribution in [0.25, 0.3) is 16.7 Å². The van der Waals surface area contributed by atoms with Crippen LogP contribution in [0.2, 0.25) is 0 Å². The van der Waals surface area contributed by atoms with E-state index < -0.39 is 0 Å². The van der Waals surface area contributed by atoms with Crippen molar-refractivity contribution in [1.82, 2.24) is 0 Å². The lowest BCUT2D eigenvalue weighted by Gasteiger charge is -2.06. The normalized spacial score (nSPS) is 10.6. The third-order valence-corrected chi connectivity index (χ3v) is 3.31. The third-order valence-electron chi connectivity index (χ3n) is 3.31. The Kier molecular flexibility index (Phi) is 4.94. The largest absolute Gasteiger partial charge is 0.0912 e. The number of aryl methyl sites for hydroxylation is 1. The highest BCUT2D eigenvalue weighted by atomic mass is 14.1. The summed E-state index contributed by atoms with van der Waals surface area (Å²) in [6, 6.07) is 17.1. The summed E-state index contributed by atoms with van der Waals surface area (Å²) in [7, 11) is 0. The first kappa shape index (κ1) is 15.1. The lowest BCUT2D eigenvalue weighted by Crippen LogP contribution is -1.83. The van der Waals surface area contributed by atoms with Gasteiger partial charge in [0, 0.05) is 0 Å². The molecule has 2 aromatic carbocycles. The van der Waals surface area contributed by atoms with Gasteiger partial charge in [-0.05, 0) is 49.1 Å². The monoisotopic (exact) mass is 274 g/mol. The molecule has 0 nitrogen and oxygen atoms in total. The molecule has 0 heterocycles. The SMILES string of the molecule is C=C(/C=C\C=C(C)C)c1cccc(-c2cccc(C)c2)c1. The van der Waals surface area contributed by atoms with Gasteiger partial charge in [0.25, 0.3) is 0 Å². The average Bonchev–Trinajstić information content (AvgIpc) is 2.47. The zero-order valence-corrected chi connectivity index (χ0v) is 13.1. The maximum atomic E-state index is 4.16. The van der Waals surface area contributed by atoms with Crippen LogP contribution in [0.5, 0.6) is 0 Å². The third kappa shape index (κ3) is 4.32. The van der Waals surface area contributed by atoms with Gasteiger partial charge in [0.2, 0.25) is 0 Å². The maximum Gasteiger partial charge on any atom is -0.0178 e. The number of benzene rings is 2. The molecular formula is C21H22. The van der Waals surface area contributed by atoms with Crippen molar-refractivity contribution in [2.75, 3.05) is 0 Å². The van der Waals surface area contributed by atoms with Crippen LogP contribution in [0.15, 0.2) is 78.9 Å². The fraction of sp³-hybridized carbons (Fsp3) is 0.143. The van der Waals surface area contributed by atoms with E-state index in [4.69, 9.17) is 0 Å². The van der Waals surface area contributed by atoms with Crippen molar-refractivity contribution in [3.05, 3.63) is 90.0 Å². The van der Waals surface area contributed by atoms with Crippen molar-refractivity contribution >= 4 is 5.57 Å². The van der Waals surface area contributed by atoms with Gasteiger partial charge in [-0.25, -0.2) is 0 Å². The molecule has 106 valence electrons. The second-order valence-electron chi connectivity index (χ2n) is 5.58. The molecule has 0 aromatic heterocycles. The molecule has 0 unspecified atom stereocenters. The molecule has 0 heteroatoms. The summed E-state index contributed by atoms with van der Waals surface area (Å²) in [5.74, 6) is 0. The smallest absolute Gasteiger partial charge is 0.0178 e. The fourth-order valence-corrected chi connectivity index (χ4v) is 2.18. The number of hydrogen-bond donors (Lipinski definition) is 0. The molecular weight excluding hydrogens is 252 g/mol. The molecule has 0 spiro atoms. The van der Waals surface area contributed by atoms with Gasteiger partial charge in [0.1, 0.15) is 0 Å². The van der Waals surface area contributed by atoms with E-state index in [1.165, 1.54) is 22.3 Å². The van der Waals surface area contributed by atoms with E-state index in [0.717, 1.165) is 11.1 Å². The van der Waals surface area contributed by atoms with Gasteiger partial charge in [0.05, 0.1) is 0 Å². The van der Waals surface area contributed by atoms with Crippen LogP contribution in [0.3, 0.4) is 0 Å². The molecule has 0 saturated carbocycles. The maximum absolute atomic E-state index is 4.16.